The normalized spacial score (nSPS) is 21.6. The molecule has 1 unspecified atom stereocenters. The molecule has 1 saturated carbocycles. The minimum atomic E-state index is -0.528. The van der Waals surface area contributed by atoms with E-state index in [-0.39, 0.29) is 5.91 Å². The summed E-state index contributed by atoms with van der Waals surface area (Å²) in [5.74, 6) is 0.409. The number of rotatable bonds is 6. The molecule has 0 saturated heterocycles. The molecule has 1 atom stereocenters. The van der Waals surface area contributed by atoms with Gasteiger partial charge in [-0.15, -0.1) is 0 Å². The SMILES string of the molecule is CC(C)CCC(C)(NC1CCCCCC1)C(N)=O. The number of hydrogen-bond donors (Lipinski definition) is 2. The second-order valence-corrected chi connectivity index (χ2v) is 6.46. The van der Waals surface area contributed by atoms with Gasteiger partial charge in [0.15, 0.2) is 0 Å². The van der Waals surface area contributed by atoms with E-state index >= 15 is 0 Å². The molecular weight excluding hydrogens is 224 g/mol. The van der Waals surface area contributed by atoms with Gasteiger partial charge >= 0.3 is 0 Å². The van der Waals surface area contributed by atoms with E-state index in [4.69, 9.17) is 5.73 Å². The van der Waals surface area contributed by atoms with Gasteiger partial charge in [0.25, 0.3) is 0 Å². The average molecular weight is 254 g/mol. The second-order valence-electron chi connectivity index (χ2n) is 6.46. The number of amides is 1. The van der Waals surface area contributed by atoms with Crippen molar-refractivity contribution in [2.75, 3.05) is 0 Å². The first kappa shape index (κ1) is 15.5. The van der Waals surface area contributed by atoms with Crippen LogP contribution in [0.25, 0.3) is 0 Å². The Morgan fingerprint density at radius 3 is 2.28 bits per heavy atom. The standard InChI is InChI=1S/C15H30N2O/c1-12(2)10-11-15(3,14(16)18)17-13-8-6-4-5-7-9-13/h12-13,17H,4-11H2,1-3H3,(H2,16,18). The molecule has 1 amide bonds. The van der Waals surface area contributed by atoms with Crippen LogP contribution in [0.15, 0.2) is 0 Å². The van der Waals surface area contributed by atoms with Crippen LogP contribution in [0.5, 0.6) is 0 Å². The van der Waals surface area contributed by atoms with Crippen molar-refractivity contribution in [3.8, 4) is 0 Å². The van der Waals surface area contributed by atoms with E-state index in [1.54, 1.807) is 0 Å². The highest BCUT2D eigenvalue weighted by Gasteiger charge is 2.33. The molecule has 1 rings (SSSR count). The number of carbonyl (C=O) groups is 1. The van der Waals surface area contributed by atoms with Gasteiger partial charge in [-0.05, 0) is 38.5 Å². The molecule has 1 aliphatic rings. The molecule has 1 aliphatic carbocycles. The van der Waals surface area contributed by atoms with Crippen molar-refractivity contribution in [1.29, 1.82) is 0 Å². The van der Waals surface area contributed by atoms with Gasteiger partial charge in [-0.3, -0.25) is 4.79 Å². The zero-order chi connectivity index (χ0) is 13.6. The predicted octanol–water partition coefficient (Wildman–Crippen LogP) is 2.98. The zero-order valence-electron chi connectivity index (χ0n) is 12.3. The molecule has 0 spiro atoms. The van der Waals surface area contributed by atoms with E-state index in [1.165, 1.54) is 38.5 Å². The Bertz CT molecular complexity index is 257. The van der Waals surface area contributed by atoms with Crippen LogP contribution in [0.2, 0.25) is 0 Å². The van der Waals surface area contributed by atoms with Crippen LogP contribution in [-0.2, 0) is 4.79 Å². The molecule has 0 aromatic heterocycles. The molecule has 3 N–H and O–H groups in total. The fourth-order valence-electron chi connectivity index (χ4n) is 2.72. The second kappa shape index (κ2) is 7.13. The number of nitrogens with one attached hydrogen (secondary N) is 1. The highest BCUT2D eigenvalue weighted by atomic mass is 16.1. The maximum atomic E-state index is 11.8. The lowest BCUT2D eigenvalue weighted by atomic mass is 9.89. The van der Waals surface area contributed by atoms with E-state index in [2.05, 4.69) is 19.2 Å². The lowest BCUT2D eigenvalue weighted by Crippen LogP contribution is -2.56. The summed E-state index contributed by atoms with van der Waals surface area (Å²) in [4.78, 5) is 11.8. The predicted molar refractivity (Wildman–Crippen MR) is 76.3 cm³/mol. The first-order valence-corrected chi connectivity index (χ1v) is 7.51. The van der Waals surface area contributed by atoms with E-state index in [0.717, 1.165) is 12.8 Å². The maximum Gasteiger partial charge on any atom is 0.237 e. The summed E-state index contributed by atoms with van der Waals surface area (Å²) < 4.78 is 0. The minimum Gasteiger partial charge on any atom is -0.368 e. The molecular formula is C15H30N2O. The maximum absolute atomic E-state index is 11.8. The van der Waals surface area contributed by atoms with E-state index in [1.807, 2.05) is 6.92 Å². The molecule has 0 bridgehead atoms. The average Bonchev–Trinajstić information content (AvgIpc) is 2.55. The Kier molecular flexibility index (Phi) is 6.13. The minimum absolute atomic E-state index is 0.201. The summed E-state index contributed by atoms with van der Waals surface area (Å²) in [6.45, 7) is 6.35. The highest BCUT2D eigenvalue weighted by molar-refractivity contribution is 5.84. The number of carbonyl (C=O) groups excluding carboxylic acids is 1. The molecule has 3 nitrogen and oxygen atoms in total. The fourth-order valence-corrected chi connectivity index (χ4v) is 2.72. The lowest BCUT2D eigenvalue weighted by Gasteiger charge is -2.33. The van der Waals surface area contributed by atoms with Crippen molar-refractivity contribution in [2.45, 2.75) is 83.7 Å². The summed E-state index contributed by atoms with van der Waals surface area (Å²) in [6, 6.07) is 0.470. The van der Waals surface area contributed by atoms with Crippen molar-refractivity contribution in [3.05, 3.63) is 0 Å². The third-order valence-corrected chi connectivity index (χ3v) is 4.14. The Hall–Kier alpha value is -0.570. The van der Waals surface area contributed by atoms with Gasteiger partial charge in [0.05, 0.1) is 5.54 Å². The molecule has 0 aromatic carbocycles. The van der Waals surface area contributed by atoms with Gasteiger partial charge in [-0.25, -0.2) is 0 Å². The van der Waals surface area contributed by atoms with Gasteiger partial charge in [-0.2, -0.15) is 0 Å². The molecule has 18 heavy (non-hydrogen) atoms. The largest absolute Gasteiger partial charge is 0.368 e. The molecule has 0 aliphatic heterocycles. The van der Waals surface area contributed by atoms with Crippen molar-refractivity contribution in [1.82, 2.24) is 5.32 Å². The highest BCUT2D eigenvalue weighted by Crippen LogP contribution is 2.22. The van der Waals surface area contributed by atoms with Crippen LogP contribution in [-0.4, -0.2) is 17.5 Å². The zero-order valence-corrected chi connectivity index (χ0v) is 12.3. The fraction of sp³-hybridized carbons (Fsp3) is 0.933. The summed E-state index contributed by atoms with van der Waals surface area (Å²) in [5, 5.41) is 3.55. The number of hydrogen-bond acceptors (Lipinski definition) is 2. The third kappa shape index (κ3) is 4.97. The van der Waals surface area contributed by atoms with Crippen LogP contribution in [0.4, 0.5) is 0 Å². The van der Waals surface area contributed by atoms with Crippen molar-refractivity contribution < 1.29 is 4.79 Å². The summed E-state index contributed by atoms with van der Waals surface area (Å²) in [7, 11) is 0. The lowest BCUT2D eigenvalue weighted by molar-refractivity contribution is -0.124. The van der Waals surface area contributed by atoms with Crippen molar-refractivity contribution in [2.24, 2.45) is 11.7 Å². The van der Waals surface area contributed by atoms with Crippen molar-refractivity contribution >= 4 is 5.91 Å². The van der Waals surface area contributed by atoms with Crippen LogP contribution < -0.4 is 11.1 Å². The summed E-state index contributed by atoms with van der Waals surface area (Å²) >= 11 is 0. The molecule has 0 aromatic rings. The van der Waals surface area contributed by atoms with Crippen LogP contribution in [0.1, 0.15) is 72.1 Å². The van der Waals surface area contributed by atoms with Gasteiger partial charge in [0.2, 0.25) is 5.91 Å². The smallest absolute Gasteiger partial charge is 0.237 e. The molecule has 3 heteroatoms. The van der Waals surface area contributed by atoms with Crippen LogP contribution >= 0.6 is 0 Å². The molecule has 106 valence electrons. The Labute approximate surface area is 112 Å². The Balaban J connectivity index is 2.56. The number of nitrogens with two attached hydrogens (primary N) is 1. The Morgan fingerprint density at radius 1 is 1.28 bits per heavy atom. The molecule has 1 fully saturated rings. The first-order valence-electron chi connectivity index (χ1n) is 7.51. The van der Waals surface area contributed by atoms with Gasteiger partial charge < -0.3 is 11.1 Å². The first-order chi connectivity index (χ1) is 8.44. The van der Waals surface area contributed by atoms with Crippen LogP contribution in [0.3, 0.4) is 0 Å². The van der Waals surface area contributed by atoms with Crippen molar-refractivity contribution in [3.63, 3.8) is 0 Å². The number of primary amides is 1. The topological polar surface area (TPSA) is 55.1 Å². The van der Waals surface area contributed by atoms with E-state index < -0.39 is 5.54 Å². The van der Waals surface area contributed by atoms with Gasteiger partial charge in [-0.1, -0.05) is 39.5 Å². The monoisotopic (exact) mass is 254 g/mol. The quantitative estimate of drug-likeness (QED) is 0.716. The summed E-state index contributed by atoms with van der Waals surface area (Å²) in [6.07, 6.45) is 9.47. The Morgan fingerprint density at radius 2 is 1.83 bits per heavy atom. The van der Waals surface area contributed by atoms with Crippen LogP contribution in [0, 0.1) is 5.92 Å². The van der Waals surface area contributed by atoms with Gasteiger partial charge in [0.1, 0.15) is 0 Å². The molecule has 0 radical (unpaired) electrons. The summed E-state index contributed by atoms with van der Waals surface area (Å²) in [5.41, 5.74) is 5.08. The van der Waals surface area contributed by atoms with E-state index in [0.29, 0.717) is 12.0 Å². The van der Waals surface area contributed by atoms with Gasteiger partial charge in [0, 0.05) is 6.04 Å². The molecule has 0 heterocycles. The van der Waals surface area contributed by atoms with E-state index in [9.17, 15) is 4.79 Å². The third-order valence-electron chi connectivity index (χ3n) is 4.14.